The van der Waals surface area contributed by atoms with E-state index in [2.05, 4.69) is 0 Å². The van der Waals surface area contributed by atoms with Crippen molar-refractivity contribution in [1.29, 1.82) is 0 Å². The molecule has 0 radical (unpaired) electrons. The van der Waals surface area contributed by atoms with Gasteiger partial charge in [-0.15, -0.1) is 0 Å². The van der Waals surface area contributed by atoms with E-state index >= 15 is 0 Å². The molecule has 0 saturated carbocycles. The van der Waals surface area contributed by atoms with Crippen LogP contribution in [0.25, 0.3) is 0 Å². The lowest BCUT2D eigenvalue weighted by Gasteiger charge is -2.36. The Morgan fingerprint density at radius 2 is 1.74 bits per heavy atom. The molecule has 10 heteroatoms. The summed E-state index contributed by atoms with van der Waals surface area (Å²) in [5.41, 5.74) is -0.00534. The molecule has 2 amide bonds. The number of nitrogens with zero attached hydrogens (tertiary/aromatic N) is 1. The van der Waals surface area contributed by atoms with Crippen LogP contribution in [0.3, 0.4) is 0 Å². The summed E-state index contributed by atoms with van der Waals surface area (Å²) >= 11 is 0. The molecule has 2 aromatic carbocycles. The van der Waals surface area contributed by atoms with Crippen LogP contribution in [0, 0.1) is 11.7 Å². The Kier molecular flexibility index (Phi) is 4.82. The molecule has 2 unspecified atom stereocenters. The number of aromatic hydroxyl groups is 1. The van der Waals surface area contributed by atoms with Crippen LogP contribution >= 0.6 is 0 Å². The lowest BCUT2D eigenvalue weighted by Crippen LogP contribution is -2.30. The minimum Gasteiger partial charge on any atom is -0.505 e. The number of carbonyl (C=O) groups is 4. The lowest BCUT2D eigenvalue weighted by atomic mass is 9.74. The zero-order chi connectivity index (χ0) is 24.3. The summed E-state index contributed by atoms with van der Waals surface area (Å²) in [7, 11) is 0. The fourth-order valence-corrected chi connectivity index (χ4v) is 4.55. The highest BCUT2D eigenvalue weighted by Crippen LogP contribution is 2.50. The number of hydrogen-bond acceptors (Lipinski definition) is 6. The SMILES string of the molecule is O=C1C=C2Oc3cc(O)c(F)cc3C(c3ccc(N4C(=O)CCC4=O)cc3C(=O)O)C2C=C1F. The summed E-state index contributed by atoms with van der Waals surface area (Å²) in [6, 6.07) is 5.85. The molecule has 2 heterocycles. The predicted molar refractivity (Wildman–Crippen MR) is 111 cm³/mol. The molecule has 1 fully saturated rings. The van der Waals surface area contributed by atoms with E-state index < -0.39 is 52.8 Å². The Hall–Kier alpha value is -4.34. The fourth-order valence-electron chi connectivity index (χ4n) is 4.55. The van der Waals surface area contributed by atoms with Crippen LogP contribution in [0.1, 0.15) is 40.2 Å². The van der Waals surface area contributed by atoms with Gasteiger partial charge in [0.1, 0.15) is 11.5 Å². The molecule has 8 nitrogen and oxygen atoms in total. The van der Waals surface area contributed by atoms with Crippen molar-refractivity contribution in [2.75, 3.05) is 4.90 Å². The Morgan fingerprint density at radius 1 is 1.03 bits per heavy atom. The number of benzene rings is 2. The van der Waals surface area contributed by atoms with Gasteiger partial charge in [0.15, 0.2) is 17.4 Å². The number of carboxylic acids is 1. The van der Waals surface area contributed by atoms with Crippen LogP contribution in [0.5, 0.6) is 11.5 Å². The number of imide groups is 1. The van der Waals surface area contributed by atoms with Crippen LogP contribution < -0.4 is 9.64 Å². The lowest BCUT2D eigenvalue weighted by molar-refractivity contribution is -0.121. The maximum Gasteiger partial charge on any atom is 0.336 e. The fraction of sp³-hybridized carbons (Fsp3) is 0.167. The monoisotopic (exact) mass is 467 g/mol. The summed E-state index contributed by atoms with van der Waals surface area (Å²) in [5.74, 6) is -8.12. The van der Waals surface area contributed by atoms with E-state index in [1.807, 2.05) is 0 Å². The zero-order valence-corrected chi connectivity index (χ0v) is 17.2. The van der Waals surface area contributed by atoms with Crippen LogP contribution in [0.2, 0.25) is 0 Å². The molecule has 172 valence electrons. The van der Waals surface area contributed by atoms with Gasteiger partial charge in [0.25, 0.3) is 0 Å². The number of ketones is 1. The number of halogens is 2. The maximum atomic E-state index is 14.3. The average Bonchev–Trinajstić information content (AvgIpc) is 3.12. The molecule has 1 aliphatic carbocycles. The maximum absolute atomic E-state index is 14.3. The van der Waals surface area contributed by atoms with E-state index in [-0.39, 0.29) is 46.7 Å². The molecule has 2 aromatic rings. The number of rotatable bonds is 3. The molecule has 0 spiro atoms. The minimum atomic E-state index is -1.40. The minimum absolute atomic E-state index is 0.000205. The highest BCUT2D eigenvalue weighted by atomic mass is 19.1. The van der Waals surface area contributed by atoms with Crippen LogP contribution in [-0.4, -0.2) is 33.8 Å². The van der Waals surface area contributed by atoms with Gasteiger partial charge in [-0.2, -0.15) is 0 Å². The van der Waals surface area contributed by atoms with Crippen molar-refractivity contribution in [2.24, 2.45) is 5.92 Å². The van der Waals surface area contributed by atoms with Gasteiger partial charge >= 0.3 is 5.97 Å². The third-order valence-electron chi connectivity index (χ3n) is 6.08. The number of aromatic carboxylic acids is 1. The second-order valence-electron chi connectivity index (χ2n) is 8.07. The molecular formula is C24H15F2NO7. The van der Waals surface area contributed by atoms with Crippen molar-refractivity contribution in [2.45, 2.75) is 18.8 Å². The number of fused-ring (bicyclic) bond motifs is 2. The summed E-state index contributed by atoms with van der Waals surface area (Å²) in [6.45, 7) is 0. The largest absolute Gasteiger partial charge is 0.505 e. The molecule has 0 aromatic heterocycles. The van der Waals surface area contributed by atoms with Crippen molar-refractivity contribution in [3.05, 3.63) is 76.6 Å². The quantitative estimate of drug-likeness (QED) is 0.664. The Balaban J connectivity index is 1.73. The first-order chi connectivity index (χ1) is 16.2. The van der Waals surface area contributed by atoms with E-state index in [1.165, 1.54) is 12.1 Å². The van der Waals surface area contributed by atoms with E-state index in [9.17, 15) is 38.2 Å². The second-order valence-corrected chi connectivity index (χ2v) is 8.07. The summed E-state index contributed by atoms with van der Waals surface area (Å²) in [4.78, 5) is 49.2. The number of carbonyl (C=O) groups excluding carboxylic acids is 3. The highest BCUT2D eigenvalue weighted by molar-refractivity contribution is 6.20. The third-order valence-corrected chi connectivity index (χ3v) is 6.08. The topological polar surface area (TPSA) is 121 Å². The number of amides is 2. The number of phenols is 1. The van der Waals surface area contributed by atoms with Gasteiger partial charge in [-0.05, 0) is 29.8 Å². The van der Waals surface area contributed by atoms with Gasteiger partial charge in [0, 0.05) is 42.4 Å². The summed E-state index contributed by atoms with van der Waals surface area (Å²) < 4.78 is 34.2. The molecule has 2 atom stereocenters. The van der Waals surface area contributed by atoms with Gasteiger partial charge in [-0.3, -0.25) is 19.3 Å². The number of phenolic OH excluding ortho intramolecular Hbond substituents is 1. The van der Waals surface area contributed by atoms with Crippen molar-refractivity contribution in [3.63, 3.8) is 0 Å². The molecule has 1 saturated heterocycles. The number of anilines is 1. The Labute approximate surface area is 190 Å². The first-order valence-electron chi connectivity index (χ1n) is 10.2. The first-order valence-corrected chi connectivity index (χ1v) is 10.2. The predicted octanol–water partition coefficient (Wildman–Crippen LogP) is 3.34. The van der Waals surface area contributed by atoms with Gasteiger partial charge in [0.2, 0.25) is 17.6 Å². The van der Waals surface area contributed by atoms with Crippen LogP contribution in [-0.2, 0) is 14.4 Å². The van der Waals surface area contributed by atoms with E-state index in [0.29, 0.717) is 0 Å². The second kappa shape index (κ2) is 7.62. The number of ether oxygens (including phenoxy) is 1. The number of carboxylic acid groups (broad SMARTS) is 1. The normalized spacial score (nSPS) is 21.5. The third kappa shape index (κ3) is 3.26. The zero-order valence-electron chi connectivity index (χ0n) is 17.2. The van der Waals surface area contributed by atoms with Gasteiger partial charge in [-0.1, -0.05) is 6.07 Å². The van der Waals surface area contributed by atoms with Gasteiger partial charge < -0.3 is 14.9 Å². The standard InChI is InChI=1S/C24H15F2NO7/c25-15-6-13-19(8-17(15)28)34-20-9-18(29)16(26)7-14(20)23(13)11-2-1-10(5-12(11)24(32)33)27-21(30)3-4-22(27)31/h1-2,5-9,13,23,29H,3-4H2,(H,32,33). The molecular weight excluding hydrogens is 452 g/mol. The van der Waals surface area contributed by atoms with Crippen LogP contribution in [0.15, 0.2) is 54.1 Å². The van der Waals surface area contributed by atoms with Crippen molar-refractivity contribution < 1.29 is 42.9 Å². The average molecular weight is 467 g/mol. The summed E-state index contributed by atoms with van der Waals surface area (Å²) in [5, 5.41) is 19.7. The highest BCUT2D eigenvalue weighted by Gasteiger charge is 2.41. The first kappa shape index (κ1) is 21.5. The number of allylic oxidation sites excluding steroid dienone is 3. The smallest absolute Gasteiger partial charge is 0.336 e. The van der Waals surface area contributed by atoms with Crippen molar-refractivity contribution in [3.8, 4) is 11.5 Å². The van der Waals surface area contributed by atoms with E-state index in [1.54, 1.807) is 0 Å². The molecule has 3 aliphatic rings. The van der Waals surface area contributed by atoms with Gasteiger partial charge in [0.05, 0.1) is 11.3 Å². The molecule has 0 bridgehead atoms. The van der Waals surface area contributed by atoms with Crippen molar-refractivity contribution >= 4 is 29.3 Å². The van der Waals surface area contributed by atoms with Crippen molar-refractivity contribution in [1.82, 2.24) is 0 Å². The van der Waals surface area contributed by atoms with Gasteiger partial charge in [-0.25, -0.2) is 13.6 Å². The Morgan fingerprint density at radius 3 is 2.41 bits per heavy atom. The molecule has 2 N–H and O–H groups in total. The molecule has 34 heavy (non-hydrogen) atoms. The number of hydrogen-bond donors (Lipinski definition) is 2. The summed E-state index contributed by atoms with van der Waals surface area (Å²) in [6.07, 6.45) is 1.91. The molecule has 5 rings (SSSR count). The van der Waals surface area contributed by atoms with E-state index in [4.69, 9.17) is 4.74 Å². The Bertz CT molecular complexity index is 1360. The molecule has 2 aliphatic heterocycles. The van der Waals surface area contributed by atoms with Crippen LogP contribution in [0.4, 0.5) is 14.5 Å². The van der Waals surface area contributed by atoms with E-state index in [0.717, 1.165) is 35.3 Å².